The van der Waals surface area contributed by atoms with Crippen LogP contribution in [0.25, 0.3) is 0 Å². The predicted molar refractivity (Wildman–Crippen MR) is 165 cm³/mol. The summed E-state index contributed by atoms with van der Waals surface area (Å²) < 4.78 is 0. The number of nitrogens with one attached hydrogen (secondary N) is 2. The molecule has 0 unspecified atom stereocenters. The van der Waals surface area contributed by atoms with Crippen LogP contribution in [0.2, 0.25) is 0 Å². The highest BCUT2D eigenvalue weighted by Crippen LogP contribution is 2.38. The van der Waals surface area contributed by atoms with Gasteiger partial charge in [-0.3, -0.25) is 9.59 Å². The molecule has 0 bridgehead atoms. The SMILES string of the molecule is C=C/C(C)=C(Nc1ccc(NC(=C/C)/C(C)=C\C)c2c1C(=O)c1ccccc1C2=O)\C(C)=C/C.CC.CC. The number of allylic oxidation sites excluding steroid dienone is 7. The van der Waals surface area contributed by atoms with E-state index in [0.717, 1.165) is 28.1 Å². The molecule has 0 atom stereocenters. The first-order valence-electron chi connectivity index (χ1n) is 13.4. The van der Waals surface area contributed by atoms with Crippen LogP contribution in [-0.2, 0) is 0 Å². The van der Waals surface area contributed by atoms with Gasteiger partial charge >= 0.3 is 0 Å². The minimum Gasteiger partial charge on any atom is -0.355 e. The molecule has 4 heteroatoms. The van der Waals surface area contributed by atoms with Gasteiger partial charge in [-0.25, -0.2) is 0 Å². The minimum atomic E-state index is -0.171. The second kappa shape index (κ2) is 15.4. The van der Waals surface area contributed by atoms with E-state index in [1.54, 1.807) is 30.3 Å². The van der Waals surface area contributed by atoms with Crippen molar-refractivity contribution in [1.82, 2.24) is 0 Å². The highest BCUT2D eigenvalue weighted by atomic mass is 16.1. The zero-order valence-electron chi connectivity index (χ0n) is 24.8. The molecular weight excluding hydrogens is 468 g/mol. The van der Waals surface area contributed by atoms with Gasteiger partial charge in [0.05, 0.1) is 22.5 Å². The Morgan fingerprint density at radius 3 is 1.53 bits per heavy atom. The summed E-state index contributed by atoms with van der Waals surface area (Å²) in [5.74, 6) is -0.339. The molecule has 0 spiro atoms. The average Bonchev–Trinajstić information content (AvgIpc) is 2.98. The highest BCUT2D eigenvalue weighted by Gasteiger charge is 2.34. The molecule has 0 aliphatic heterocycles. The van der Waals surface area contributed by atoms with E-state index in [-0.39, 0.29) is 11.6 Å². The molecule has 0 amide bonds. The maximum Gasteiger partial charge on any atom is 0.196 e. The van der Waals surface area contributed by atoms with E-state index in [2.05, 4.69) is 17.2 Å². The molecule has 0 aromatic heterocycles. The highest BCUT2D eigenvalue weighted by molar-refractivity contribution is 6.32. The van der Waals surface area contributed by atoms with Crippen molar-refractivity contribution in [1.29, 1.82) is 0 Å². The van der Waals surface area contributed by atoms with Crippen molar-refractivity contribution in [3.8, 4) is 0 Å². The molecule has 0 saturated heterocycles. The van der Waals surface area contributed by atoms with Crippen molar-refractivity contribution in [2.24, 2.45) is 0 Å². The maximum atomic E-state index is 13.7. The molecule has 2 aromatic rings. The fourth-order valence-electron chi connectivity index (χ4n) is 4.02. The summed E-state index contributed by atoms with van der Waals surface area (Å²) in [6.45, 7) is 23.7. The van der Waals surface area contributed by atoms with Gasteiger partial charge in [-0.15, -0.1) is 0 Å². The van der Waals surface area contributed by atoms with Gasteiger partial charge in [0.15, 0.2) is 11.6 Å². The number of ketones is 2. The molecule has 38 heavy (non-hydrogen) atoms. The molecule has 2 aromatic carbocycles. The van der Waals surface area contributed by atoms with Crippen LogP contribution in [0, 0.1) is 0 Å². The fraction of sp³-hybridized carbons (Fsp3) is 0.294. The van der Waals surface area contributed by atoms with E-state index < -0.39 is 0 Å². The fourth-order valence-corrected chi connectivity index (χ4v) is 4.02. The van der Waals surface area contributed by atoms with Gasteiger partial charge in [-0.1, -0.05) is 82.8 Å². The normalized spacial score (nSPS) is 13.6. The van der Waals surface area contributed by atoms with Crippen LogP contribution in [0.15, 0.2) is 95.4 Å². The Kier molecular flexibility index (Phi) is 13.0. The van der Waals surface area contributed by atoms with Crippen LogP contribution < -0.4 is 10.6 Å². The number of hydrogen-bond donors (Lipinski definition) is 2. The largest absolute Gasteiger partial charge is 0.355 e. The Bertz CT molecular complexity index is 1300. The number of rotatable bonds is 7. The first-order valence-corrected chi connectivity index (χ1v) is 13.4. The van der Waals surface area contributed by atoms with Gasteiger partial charge in [0.1, 0.15) is 0 Å². The van der Waals surface area contributed by atoms with Crippen LogP contribution in [0.4, 0.5) is 11.4 Å². The van der Waals surface area contributed by atoms with Gasteiger partial charge in [-0.2, -0.15) is 0 Å². The van der Waals surface area contributed by atoms with Gasteiger partial charge < -0.3 is 10.6 Å². The maximum absolute atomic E-state index is 13.7. The Morgan fingerprint density at radius 2 is 1.13 bits per heavy atom. The third-order valence-corrected chi connectivity index (χ3v) is 6.28. The molecule has 4 nitrogen and oxygen atoms in total. The lowest BCUT2D eigenvalue weighted by Gasteiger charge is -2.25. The summed E-state index contributed by atoms with van der Waals surface area (Å²) in [6.07, 6.45) is 7.74. The average molecular weight is 513 g/mol. The Labute approximate surface area is 229 Å². The van der Waals surface area contributed by atoms with Crippen molar-refractivity contribution in [3.05, 3.63) is 118 Å². The summed E-state index contributed by atoms with van der Waals surface area (Å²) in [4.78, 5) is 27.4. The van der Waals surface area contributed by atoms with Crippen molar-refractivity contribution in [3.63, 3.8) is 0 Å². The summed E-state index contributed by atoms with van der Waals surface area (Å²) >= 11 is 0. The molecule has 0 saturated carbocycles. The van der Waals surface area contributed by atoms with Crippen molar-refractivity contribution in [2.45, 2.75) is 69.2 Å². The topological polar surface area (TPSA) is 58.2 Å². The Morgan fingerprint density at radius 1 is 0.684 bits per heavy atom. The van der Waals surface area contributed by atoms with E-state index in [9.17, 15) is 9.59 Å². The zero-order valence-corrected chi connectivity index (χ0v) is 24.8. The van der Waals surface area contributed by atoms with E-state index in [1.165, 1.54) is 0 Å². The van der Waals surface area contributed by atoms with Crippen molar-refractivity contribution in [2.75, 3.05) is 10.6 Å². The Balaban J connectivity index is 0.00000172. The molecule has 1 aliphatic carbocycles. The van der Waals surface area contributed by atoms with Gasteiger partial charge in [0.2, 0.25) is 0 Å². The van der Waals surface area contributed by atoms with Crippen molar-refractivity contribution >= 4 is 22.9 Å². The molecule has 202 valence electrons. The van der Waals surface area contributed by atoms with E-state index in [4.69, 9.17) is 0 Å². The zero-order chi connectivity index (χ0) is 29.0. The second-order valence-corrected chi connectivity index (χ2v) is 8.27. The monoisotopic (exact) mass is 512 g/mol. The number of carbonyl (C=O) groups is 2. The van der Waals surface area contributed by atoms with Gasteiger partial charge in [0.25, 0.3) is 0 Å². The lowest BCUT2D eigenvalue weighted by molar-refractivity contribution is 0.0980. The molecule has 0 fully saturated rings. The van der Waals surface area contributed by atoms with E-state index in [0.29, 0.717) is 33.6 Å². The third-order valence-electron chi connectivity index (χ3n) is 6.28. The van der Waals surface area contributed by atoms with Crippen LogP contribution >= 0.6 is 0 Å². The predicted octanol–water partition coefficient (Wildman–Crippen LogP) is 9.63. The second-order valence-electron chi connectivity index (χ2n) is 8.27. The van der Waals surface area contributed by atoms with Crippen molar-refractivity contribution < 1.29 is 9.59 Å². The van der Waals surface area contributed by atoms with E-state index in [1.807, 2.05) is 99.6 Å². The van der Waals surface area contributed by atoms with Crippen LogP contribution in [0.3, 0.4) is 0 Å². The summed E-state index contributed by atoms with van der Waals surface area (Å²) in [7, 11) is 0. The molecule has 0 heterocycles. The third kappa shape index (κ3) is 6.69. The number of hydrogen-bond acceptors (Lipinski definition) is 4. The summed E-state index contributed by atoms with van der Waals surface area (Å²) in [5, 5.41) is 6.82. The first kappa shape index (κ1) is 32.1. The Hall–Kier alpha value is -3.92. The quantitative estimate of drug-likeness (QED) is 0.309. The van der Waals surface area contributed by atoms with Crippen LogP contribution in [0.1, 0.15) is 101 Å². The van der Waals surface area contributed by atoms with E-state index >= 15 is 0 Å². The number of fused-ring (bicyclic) bond motifs is 2. The molecule has 1 aliphatic rings. The number of benzene rings is 2. The molecular formula is C34H44N2O2. The lowest BCUT2D eigenvalue weighted by Crippen LogP contribution is -2.24. The smallest absolute Gasteiger partial charge is 0.196 e. The minimum absolute atomic E-state index is 0.168. The van der Waals surface area contributed by atoms with Gasteiger partial charge in [-0.05, 0) is 70.4 Å². The summed E-state index contributed by atoms with van der Waals surface area (Å²) in [5.41, 5.74) is 7.56. The molecule has 3 rings (SSSR count). The first-order chi connectivity index (χ1) is 18.3. The number of anilines is 2. The summed E-state index contributed by atoms with van der Waals surface area (Å²) in [6, 6.07) is 10.7. The molecule has 2 N–H and O–H groups in total. The van der Waals surface area contributed by atoms with Gasteiger partial charge in [0, 0.05) is 22.5 Å². The van der Waals surface area contributed by atoms with Crippen LogP contribution in [0.5, 0.6) is 0 Å². The molecule has 0 radical (unpaired) electrons. The number of carbonyl (C=O) groups excluding carboxylic acids is 2. The van der Waals surface area contributed by atoms with Crippen LogP contribution in [-0.4, -0.2) is 11.6 Å². The lowest BCUT2D eigenvalue weighted by atomic mass is 9.82. The standard InChI is InChI=1S/C30H32N2O2.2C2H6/c1-8-18(5)23(11-4)31-24-16-17-25(32-28(19(6)9-2)20(7)10-3)27-26(24)29(33)21-14-12-13-15-22(21)30(27)34;2*1-2/h8-17,31-32H,2H2,1,3-7H3;2*1-2H3/b18-8-,20-10-,23-11+,28-19+;;.